The maximum absolute atomic E-state index is 12.9. The third-order valence-electron chi connectivity index (χ3n) is 4.30. The van der Waals surface area contributed by atoms with Gasteiger partial charge in [-0.05, 0) is 49.6 Å². The first-order chi connectivity index (χ1) is 13.2. The lowest BCUT2D eigenvalue weighted by Crippen LogP contribution is -2.48. The predicted octanol–water partition coefficient (Wildman–Crippen LogP) is 1.90. The molecule has 0 bridgehead atoms. The van der Waals surface area contributed by atoms with Crippen LogP contribution in [-0.4, -0.2) is 49.8 Å². The van der Waals surface area contributed by atoms with Crippen LogP contribution in [0, 0.1) is 0 Å². The average molecular weight is 424 g/mol. The van der Waals surface area contributed by atoms with E-state index >= 15 is 0 Å². The largest absolute Gasteiger partial charge is 0.373 e. The van der Waals surface area contributed by atoms with Gasteiger partial charge in [-0.15, -0.1) is 11.3 Å². The number of carbonyl (C=O) groups excluding carboxylic acids is 2. The summed E-state index contributed by atoms with van der Waals surface area (Å²) in [5.41, 5.74) is 5.77. The predicted molar refractivity (Wildman–Crippen MR) is 106 cm³/mol. The molecule has 0 aliphatic carbocycles. The van der Waals surface area contributed by atoms with Gasteiger partial charge >= 0.3 is 0 Å². The Labute approximate surface area is 167 Å². The minimum atomic E-state index is -3.68. The Kier molecular flexibility index (Phi) is 5.84. The number of hydrogen-bond acceptors (Lipinski definition) is 6. The van der Waals surface area contributed by atoms with E-state index < -0.39 is 21.8 Å². The molecule has 2 amide bonds. The van der Waals surface area contributed by atoms with Crippen LogP contribution in [0.4, 0.5) is 5.00 Å². The van der Waals surface area contributed by atoms with Crippen molar-refractivity contribution in [3.8, 4) is 0 Å². The van der Waals surface area contributed by atoms with Gasteiger partial charge in [0.15, 0.2) is 0 Å². The van der Waals surface area contributed by atoms with E-state index in [1.54, 1.807) is 5.38 Å². The first-order valence-electron chi connectivity index (χ1n) is 8.63. The van der Waals surface area contributed by atoms with Gasteiger partial charge in [0.1, 0.15) is 5.00 Å². The molecule has 1 aromatic heterocycles. The second-order valence-corrected chi connectivity index (χ2v) is 9.44. The molecule has 1 aliphatic rings. The van der Waals surface area contributed by atoms with Crippen molar-refractivity contribution in [3.63, 3.8) is 0 Å². The standard InChI is InChI=1S/C18H21N3O5S2/c1-11-9-21(10-12(2)26-11)28(24,25)14-5-3-13(4-6-14)17(23)20-18-15(16(19)22)7-8-27-18/h3-8,11-12H,9-10H2,1-2H3,(H2,19,22)(H,20,23)/t11-,12-/m1/s1. The highest BCUT2D eigenvalue weighted by Crippen LogP contribution is 2.24. The zero-order valence-corrected chi connectivity index (χ0v) is 17.0. The molecule has 10 heteroatoms. The normalized spacial score (nSPS) is 20.6. The number of carbonyl (C=O) groups is 2. The average Bonchev–Trinajstić information content (AvgIpc) is 3.09. The van der Waals surface area contributed by atoms with Crippen molar-refractivity contribution < 1.29 is 22.7 Å². The Hall–Kier alpha value is -2.27. The van der Waals surface area contributed by atoms with E-state index in [-0.39, 0.29) is 41.3 Å². The number of benzene rings is 1. The smallest absolute Gasteiger partial charge is 0.256 e. The van der Waals surface area contributed by atoms with Gasteiger partial charge in [-0.1, -0.05) is 0 Å². The minimum absolute atomic E-state index is 0.110. The fourth-order valence-corrected chi connectivity index (χ4v) is 5.41. The summed E-state index contributed by atoms with van der Waals surface area (Å²) in [6.07, 6.45) is -0.373. The van der Waals surface area contributed by atoms with Crippen LogP contribution in [0.25, 0.3) is 0 Å². The van der Waals surface area contributed by atoms with Crippen LogP contribution in [0.1, 0.15) is 34.6 Å². The van der Waals surface area contributed by atoms with Crippen molar-refractivity contribution in [2.75, 3.05) is 18.4 Å². The zero-order valence-electron chi connectivity index (χ0n) is 15.4. The van der Waals surface area contributed by atoms with Crippen LogP contribution in [0.3, 0.4) is 0 Å². The van der Waals surface area contributed by atoms with Gasteiger partial charge in [0.2, 0.25) is 10.0 Å². The van der Waals surface area contributed by atoms with Crippen LogP contribution in [-0.2, 0) is 14.8 Å². The van der Waals surface area contributed by atoms with Crippen LogP contribution < -0.4 is 11.1 Å². The number of anilines is 1. The summed E-state index contributed by atoms with van der Waals surface area (Å²) in [5.74, 6) is -1.09. The van der Waals surface area contributed by atoms with Crippen molar-refractivity contribution in [2.24, 2.45) is 5.73 Å². The van der Waals surface area contributed by atoms with Crippen molar-refractivity contribution in [1.29, 1.82) is 0 Å². The summed E-state index contributed by atoms with van der Waals surface area (Å²) >= 11 is 1.18. The van der Waals surface area contributed by atoms with Crippen molar-refractivity contribution in [1.82, 2.24) is 4.31 Å². The van der Waals surface area contributed by atoms with E-state index in [2.05, 4.69) is 5.32 Å². The van der Waals surface area contributed by atoms with Gasteiger partial charge in [0.05, 0.1) is 22.7 Å². The number of sulfonamides is 1. The molecular formula is C18H21N3O5S2. The first-order valence-corrected chi connectivity index (χ1v) is 10.9. The number of primary amides is 1. The Morgan fingerprint density at radius 3 is 2.32 bits per heavy atom. The van der Waals surface area contributed by atoms with Crippen molar-refractivity contribution in [3.05, 3.63) is 46.8 Å². The Morgan fingerprint density at radius 2 is 1.75 bits per heavy atom. The summed E-state index contributed by atoms with van der Waals surface area (Å²) in [5, 5.41) is 4.62. The quantitative estimate of drug-likeness (QED) is 0.761. The molecule has 2 atom stereocenters. The lowest BCUT2D eigenvalue weighted by atomic mass is 10.2. The molecule has 1 fully saturated rings. The molecule has 1 aliphatic heterocycles. The van der Waals surface area contributed by atoms with E-state index in [9.17, 15) is 18.0 Å². The van der Waals surface area contributed by atoms with Gasteiger partial charge < -0.3 is 15.8 Å². The molecule has 3 rings (SSSR count). The zero-order chi connectivity index (χ0) is 20.5. The van der Waals surface area contributed by atoms with Crippen molar-refractivity contribution >= 4 is 38.2 Å². The minimum Gasteiger partial charge on any atom is -0.373 e. The van der Waals surface area contributed by atoms with Crippen LogP contribution >= 0.6 is 11.3 Å². The highest BCUT2D eigenvalue weighted by Gasteiger charge is 2.32. The second kappa shape index (κ2) is 8.00. The van der Waals surface area contributed by atoms with Gasteiger partial charge in [-0.3, -0.25) is 9.59 Å². The van der Waals surface area contributed by atoms with E-state index in [1.165, 1.54) is 46.0 Å². The van der Waals surface area contributed by atoms with E-state index in [1.807, 2.05) is 13.8 Å². The van der Waals surface area contributed by atoms with Gasteiger partial charge in [0.25, 0.3) is 11.8 Å². The topological polar surface area (TPSA) is 119 Å². The molecule has 0 saturated carbocycles. The number of rotatable bonds is 5. The second-order valence-electron chi connectivity index (χ2n) is 6.59. The summed E-state index contributed by atoms with van der Waals surface area (Å²) in [7, 11) is -3.68. The molecule has 0 unspecified atom stereocenters. The molecular weight excluding hydrogens is 402 g/mol. The van der Waals surface area contributed by atoms with Crippen molar-refractivity contribution in [2.45, 2.75) is 31.0 Å². The van der Waals surface area contributed by atoms with Crippen LogP contribution in [0.2, 0.25) is 0 Å². The lowest BCUT2D eigenvalue weighted by Gasteiger charge is -2.34. The molecule has 0 spiro atoms. The monoisotopic (exact) mass is 423 g/mol. The summed E-state index contributed by atoms with van der Waals surface area (Å²) in [6, 6.07) is 7.21. The lowest BCUT2D eigenvalue weighted by molar-refractivity contribution is -0.0440. The highest BCUT2D eigenvalue weighted by molar-refractivity contribution is 7.89. The third kappa shape index (κ3) is 4.25. The molecule has 2 aromatic rings. The molecule has 28 heavy (non-hydrogen) atoms. The molecule has 0 radical (unpaired) electrons. The van der Waals surface area contributed by atoms with E-state index in [0.717, 1.165) is 0 Å². The fraction of sp³-hybridized carbons (Fsp3) is 0.333. The van der Waals surface area contributed by atoms with Gasteiger partial charge in [-0.2, -0.15) is 4.31 Å². The van der Waals surface area contributed by atoms with Gasteiger partial charge in [-0.25, -0.2) is 8.42 Å². The number of nitrogens with zero attached hydrogens (tertiary/aromatic N) is 1. The molecule has 1 saturated heterocycles. The molecule has 8 nitrogen and oxygen atoms in total. The Morgan fingerprint density at radius 1 is 1.14 bits per heavy atom. The maximum Gasteiger partial charge on any atom is 0.256 e. The number of morpholine rings is 1. The maximum atomic E-state index is 12.9. The number of ether oxygens (including phenoxy) is 1. The van der Waals surface area contributed by atoms with Gasteiger partial charge in [0, 0.05) is 18.7 Å². The Balaban J connectivity index is 1.76. The van der Waals surface area contributed by atoms with Crippen LogP contribution in [0.15, 0.2) is 40.6 Å². The number of thiophene rings is 1. The molecule has 2 heterocycles. The summed E-state index contributed by atoms with van der Waals surface area (Å²) < 4.78 is 32.7. The first kappa shape index (κ1) is 20.5. The number of nitrogens with one attached hydrogen (secondary N) is 1. The summed E-state index contributed by atoms with van der Waals surface area (Å²) in [4.78, 5) is 23.9. The number of amides is 2. The molecule has 150 valence electrons. The molecule has 1 aromatic carbocycles. The molecule has 3 N–H and O–H groups in total. The van der Waals surface area contributed by atoms with Crippen LogP contribution in [0.5, 0.6) is 0 Å². The van der Waals surface area contributed by atoms with E-state index in [0.29, 0.717) is 5.00 Å². The SMILES string of the molecule is C[C@@H]1CN(S(=O)(=O)c2ccc(C(=O)Nc3sccc3C(N)=O)cc2)C[C@@H](C)O1. The number of hydrogen-bond donors (Lipinski definition) is 2. The summed E-state index contributed by atoms with van der Waals surface area (Å²) in [6.45, 7) is 4.22. The van der Waals surface area contributed by atoms with E-state index in [4.69, 9.17) is 10.5 Å². The highest BCUT2D eigenvalue weighted by atomic mass is 32.2. The number of nitrogens with two attached hydrogens (primary N) is 1. The Bertz CT molecular complexity index is 975. The third-order valence-corrected chi connectivity index (χ3v) is 6.97. The fourth-order valence-electron chi connectivity index (χ4n) is 3.03.